The van der Waals surface area contributed by atoms with Crippen LogP contribution in [0.2, 0.25) is 0 Å². The Kier molecular flexibility index (Phi) is 6.12. The van der Waals surface area contributed by atoms with Crippen molar-refractivity contribution in [2.75, 3.05) is 27.3 Å². The molecule has 5 heteroatoms. The first-order valence-corrected chi connectivity index (χ1v) is 9.00. The molecule has 1 aliphatic rings. The van der Waals surface area contributed by atoms with Gasteiger partial charge in [0.2, 0.25) is 0 Å². The van der Waals surface area contributed by atoms with Crippen molar-refractivity contribution in [1.29, 1.82) is 0 Å². The lowest BCUT2D eigenvalue weighted by Gasteiger charge is -2.18. The Morgan fingerprint density at radius 2 is 1.69 bits per heavy atom. The van der Waals surface area contributed by atoms with Crippen LogP contribution in [0.4, 0.5) is 0 Å². The third-order valence-electron chi connectivity index (χ3n) is 4.80. The van der Waals surface area contributed by atoms with E-state index in [-0.39, 0.29) is 5.91 Å². The van der Waals surface area contributed by atoms with Gasteiger partial charge in [0.05, 0.1) is 14.2 Å². The van der Waals surface area contributed by atoms with Crippen molar-refractivity contribution in [2.24, 2.45) is 0 Å². The number of carbonyl (C=O) groups is 1. The number of amides is 1. The van der Waals surface area contributed by atoms with Crippen molar-refractivity contribution in [3.05, 3.63) is 59.2 Å². The predicted octanol–water partition coefficient (Wildman–Crippen LogP) is 3.23. The molecule has 1 amide bonds. The maximum absolute atomic E-state index is 12.5. The minimum absolute atomic E-state index is 0.123. The SMILES string of the molecule is COc1ccc(C(=O)NCc2ccccc2CN2CCCC2)cc1OC. The van der Waals surface area contributed by atoms with E-state index in [4.69, 9.17) is 9.47 Å². The van der Waals surface area contributed by atoms with Gasteiger partial charge in [0.15, 0.2) is 11.5 Å². The smallest absolute Gasteiger partial charge is 0.251 e. The second kappa shape index (κ2) is 8.72. The first-order valence-electron chi connectivity index (χ1n) is 9.00. The fraction of sp³-hybridized carbons (Fsp3) is 0.381. The maximum atomic E-state index is 12.5. The van der Waals surface area contributed by atoms with Crippen molar-refractivity contribution in [3.63, 3.8) is 0 Å². The number of hydrogen-bond acceptors (Lipinski definition) is 4. The highest BCUT2D eigenvalue weighted by Gasteiger charge is 2.15. The zero-order valence-corrected chi connectivity index (χ0v) is 15.5. The lowest BCUT2D eigenvalue weighted by molar-refractivity contribution is 0.0950. The van der Waals surface area contributed by atoms with Gasteiger partial charge in [0.25, 0.3) is 5.91 Å². The number of likely N-dealkylation sites (tertiary alicyclic amines) is 1. The van der Waals surface area contributed by atoms with E-state index < -0.39 is 0 Å². The van der Waals surface area contributed by atoms with Gasteiger partial charge in [-0.25, -0.2) is 0 Å². The van der Waals surface area contributed by atoms with Crippen LogP contribution in [-0.4, -0.2) is 38.1 Å². The van der Waals surface area contributed by atoms with E-state index in [0.717, 1.165) is 25.2 Å². The molecule has 5 nitrogen and oxygen atoms in total. The Balaban J connectivity index is 1.66. The van der Waals surface area contributed by atoms with E-state index in [2.05, 4.69) is 28.4 Å². The van der Waals surface area contributed by atoms with Crippen LogP contribution in [0.15, 0.2) is 42.5 Å². The van der Waals surface area contributed by atoms with Crippen LogP contribution in [-0.2, 0) is 13.1 Å². The fourth-order valence-corrected chi connectivity index (χ4v) is 3.32. The van der Waals surface area contributed by atoms with Crippen LogP contribution >= 0.6 is 0 Å². The average Bonchev–Trinajstić information content (AvgIpc) is 3.19. The summed E-state index contributed by atoms with van der Waals surface area (Å²) >= 11 is 0. The van der Waals surface area contributed by atoms with Crippen molar-refractivity contribution >= 4 is 5.91 Å². The number of nitrogens with zero attached hydrogens (tertiary/aromatic N) is 1. The Morgan fingerprint density at radius 1 is 1.00 bits per heavy atom. The van der Waals surface area contributed by atoms with E-state index in [1.807, 2.05) is 6.07 Å². The van der Waals surface area contributed by atoms with Crippen LogP contribution < -0.4 is 14.8 Å². The highest BCUT2D eigenvalue weighted by atomic mass is 16.5. The summed E-state index contributed by atoms with van der Waals surface area (Å²) in [6.45, 7) is 3.78. The van der Waals surface area contributed by atoms with E-state index in [0.29, 0.717) is 23.6 Å². The van der Waals surface area contributed by atoms with Crippen LogP contribution in [0, 0.1) is 0 Å². The monoisotopic (exact) mass is 354 g/mol. The van der Waals surface area contributed by atoms with Gasteiger partial charge in [-0.3, -0.25) is 9.69 Å². The molecule has 26 heavy (non-hydrogen) atoms. The van der Waals surface area contributed by atoms with E-state index >= 15 is 0 Å². The fourth-order valence-electron chi connectivity index (χ4n) is 3.32. The molecule has 0 aliphatic carbocycles. The molecule has 1 heterocycles. The molecule has 138 valence electrons. The third-order valence-corrected chi connectivity index (χ3v) is 4.80. The Morgan fingerprint density at radius 3 is 2.38 bits per heavy atom. The first kappa shape index (κ1) is 18.3. The summed E-state index contributed by atoms with van der Waals surface area (Å²) in [4.78, 5) is 15.0. The Hall–Kier alpha value is -2.53. The molecule has 1 saturated heterocycles. The Bertz CT molecular complexity index is 755. The molecule has 1 fully saturated rings. The number of hydrogen-bond donors (Lipinski definition) is 1. The number of nitrogens with one attached hydrogen (secondary N) is 1. The summed E-state index contributed by atoms with van der Waals surface area (Å²) in [6, 6.07) is 13.5. The quantitative estimate of drug-likeness (QED) is 0.829. The average molecular weight is 354 g/mol. The predicted molar refractivity (Wildman–Crippen MR) is 102 cm³/mol. The minimum Gasteiger partial charge on any atom is -0.493 e. The van der Waals surface area contributed by atoms with Gasteiger partial charge in [0, 0.05) is 18.7 Å². The topological polar surface area (TPSA) is 50.8 Å². The van der Waals surface area contributed by atoms with Gasteiger partial charge in [0.1, 0.15) is 0 Å². The van der Waals surface area contributed by atoms with Crippen molar-refractivity contribution in [2.45, 2.75) is 25.9 Å². The lowest BCUT2D eigenvalue weighted by atomic mass is 10.1. The van der Waals surface area contributed by atoms with Crippen LogP contribution in [0.3, 0.4) is 0 Å². The number of methoxy groups -OCH3 is 2. The highest BCUT2D eigenvalue weighted by Crippen LogP contribution is 2.27. The largest absolute Gasteiger partial charge is 0.493 e. The molecule has 0 atom stereocenters. The van der Waals surface area contributed by atoms with Crippen molar-refractivity contribution in [1.82, 2.24) is 10.2 Å². The summed E-state index contributed by atoms with van der Waals surface area (Å²) in [6.07, 6.45) is 2.55. The molecule has 2 aromatic rings. The normalized spacial score (nSPS) is 14.2. The van der Waals surface area contributed by atoms with Gasteiger partial charge in [-0.15, -0.1) is 0 Å². The molecular formula is C21H26N2O3. The van der Waals surface area contributed by atoms with Crippen LogP contribution in [0.5, 0.6) is 11.5 Å². The number of rotatable bonds is 7. The van der Waals surface area contributed by atoms with E-state index in [1.54, 1.807) is 32.4 Å². The summed E-state index contributed by atoms with van der Waals surface area (Å²) in [5, 5.41) is 3.02. The van der Waals surface area contributed by atoms with Gasteiger partial charge in [-0.05, 0) is 55.3 Å². The molecule has 1 aliphatic heterocycles. The van der Waals surface area contributed by atoms with Gasteiger partial charge >= 0.3 is 0 Å². The molecule has 0 saturated carbocycles. The second-order valence-corrected chi connectivity index (χ2v) is 6.50. The lowest BCUT2D eigenvalue weighted by Crippen LogP contribution is -2.25. The Labute approximate surface area is 154 Å². The number of carbonyl (C=O) groups excluding carboxylic acids is 1. The number of benzene rings is 2. The number of ether oxygens (including phenoxy) is 2. The maximum Gasteiger partial charge on any atom is 0.251 e. The first-order chi connectivity index (χ1) is 12.7. The second-order valence-electron chi connectivity index (χ2n) is 6.50. The van der Waals surface area contributed by atoms with E-state index in [1.165, 1.54) is 18.4 Å². The molecule has 0 spiro atoms. The molecule has 1 N–H and O–H groups in total. The summed E-state index contributed by atoms with van der Waals surface area (Å²) < 4.78 is 10.5. The van der Waals surface area contributed by atoms with Gasteiger partial charge < -0.3 is 14.8 Å². The minimum atomic E-state index is -0.123. The molecule has 0 radical (unpaired) electrons. The molecule has 3 rings (SSSR count). The standard InChI is InChI=1S/C21H26N2O3/c1-25-19-10-9-16(13-20(19)26-2)21(24)22-14-17-7-3-4-8-18(17)15-23-11-5-6-12-23/h3-4,7-10,13H,5-6,11-12,14-15H2,1-2H3,(H,22,24). The van der Waals surface area contributed by atoms with Gasteiger partial charge in [-0.1, -0.05) is 24.3 Å². The summed E-state index contributed by atoms with van der Waals surface area (Å²) in [7, 11) is 3.14. The zero-order valence-electron chi connectivity index (χ0n) is 15.5. The summed E-state index contributed by atoms with van der Waals surface area (Å²) in [5.74, 6) is 1.04. The van der Waals surface area contributed by atoms with Crippen molar-refractivity contribution in [3.8, 4) is 11.5 Å². The van der Waals surface area contributed by atoms with Crippen LogP contribution in [0.1, 0.15) is 34.3 Å². The zero-order chi connectivity index (χ0) is 18.4. The van der Waals surface area contributed by atoms with Crippen LogP contribution in [0.25, 0.3) is 0 Å². The highest BCUT2D eigenvalue weighted by molar-refractivity contribution is 5.94. The third kappa shape index (κ3) is 4.35. The molecule has 0 bridgehead atoms. The molecule has 0 aromatic heterocycles. The molecule has 0 unspecified atom stereocenters. The molecule has 2 aromatic carbocycles. The van der Waals surface area contributed by atoms with Gasteiger partial charge in [-0.2, -0.15) is 0 Å². The summed E-state index contributed by atoms with van der Waals surface area (Å²) in [5.41, 5.74) is 3.00. The van der Waals surface area contributed by atoms with Crippen molar-refractivity contribution < 1.29 is 14.3 Å². The molecular weight excluding hydrogens is 328 g/mol. The van der Waals surface area contributed by atoms with E-state index in [9.17, 15) is 4.79 Å².